The van der Waals surface area contributed by atoms with Crippen molar-refractivity contribution in [1.29, 1.82) is 0 Å². The third-order valence-electron chi connectivity index (χ3n) is 4.63. The van der Waals surface area contributed by atoms with Crippen molar-refractivity contribution in [1.82, 2.24) is 0 Å². The molecule has 0 aromatic heterocycles. The summed E-state index contributed by atoms with van der Waals surface area (Å²) >= 11 is 0. The fourth-order valence-electron chi connectivity index (χ4n) is 3.28. The molecular weight excluding hydrogens is 270 g/mol. The zero-order chi connectivity index (χ0) is 16.1. The van der Waals surface area contributed by atoms with Gasteiger partial charge < -0.3 is 5.73 Å². The first-order chi connectivity index (χ1) is 10.6. The number of benzene rings is 1. The number of carbonyl (C=O) groups is 1. The number of hydrogen-bond donors (Lipinski definition) is 1. The zero-order valence-electron chi connectivity index (χ0n) is 14.0. The Labute approximate surface area is 134 Å². The molecule has 0 fully saturated rings. The lowest BCUT2D eigenvalue weighted by atomic mass is 9.86. The summed E-state index contributed by atoms with van der Waals surface area (Å²) in [5, 5.41) is 0. The minimum Gasteiger partial charge on any atom is -0.396 e. The summed E-state index contributed by atoms with van der Waals surface area (Å²) in [4.78, 5) is 12.6. The van der Waals surface area contributed by atoms with Crippen molar-refractivity contribution in [2.24, 2.45) is 5.73 Å². The largest absolute Gasteiger partial charge is 0.396 e. The van der Waals surface area contributed by atoms with Crippen molar-refractivity contribution in [3.63, 3.8) is 0 Å². The van der Waals surface area contributed by atoms with Crippen LogP contribution in [0.25, 0.3) is 0 Å². The monoisotopic (exact) mass is 297 g/mol. The minimum absolute atomic E-state index is 0.0411. The van der Waals surface area contributed by atoms with Crippen molar-refractivity contribution in [3.05, 3.63) is 58.3 Å². The third-order valence-corrected chi connectivity index (χ3v) is 4.63. The van der Waals surface area contributed by atoms with E-state index in [2.05, 4.69) is 26.0 Å². The van der Waals surface area contributed by atoms with Crippen LogP contribution in [0.3, 0.4) is 0 Å². The molecule has 0 saturated heterocycles. The number of hydrogen-bond acceptors (Lipinski definition) is 2. The van der Waals surface area contributed by atoms with Crippen LogP contribution < -0.4 is 5.73 Å². The second-order valence-electron chi connectivity index (χ2n) is 6.27. The van der Waals surface area contributed by atoms with Crippen molar-refractivity contribution < 1.29 is 4.79 Å². The van der Waals surface area contributed by atoms with E-state index in [4.69, 9.17) is 5.73 Å². The summed E-state index contributed by atoms with van der Waals surface area (Å²) in [7, 11) is 0. The van der Waals surface area contributed by atoms with Gasteiger partial charge in [-0.05, 0) is 37.8 Å². The number of nitrogens with two attached hydrogens (primary N) is 1. The quantitative estimate of drug-likeness (QED) is 0.601. The molecule has 1 unspecified atom stereocenters. The van der Waals surface area contributed by atoms with E-state index in [1.165, 1.54) is 24.8 Å². The molecule has 1 aromatic rings. The maximum Gasteiger partial charge on any atom is 0.205 e. The molecule has 1 aliphatic rings. The van der Waals surface area contributed by atoms with Crippen LogP contribution in [0.1, 0.15) is 64.4 Å². The van der Waals surface area contributed by atoms with Gasteiger partial charge in [-0.2, -0.15) is 0 Å². The summed E-state index contributed by atoms with van der Waals surface area (Å²) in [6.45, 7) is 6.30. The molecular formula is C20H27NO. The molecule has 0 amide bonds. The van der Waals surface area contributed by atoms with E-state index in [-0.39, 0.29) is 11.7 Å². The van der Waals surface area contributed by atoms with Crippen LogP contribution in [0.5, 0.6) is 0 Å². The summed E-state index contributed by atoms with van der Waals surface area (Å²) in [5.41, 5.74) is 10.8. The Morgan fingerprint density at radius 3 is 2.45 bits per heavy atom. The highest BCUT2D eigenvalue weighted by Crippen LogP contribution is 2.41. The molecule has 0 radical (unpaired) electrons. The van der Waals surface area contributed by atoms with Crippen LogP contribution in [-0.2, 0) is 4.79 Å². The molecule has 0 bridgehead atoms. The van der Waals surface area contributed by atoms with E-state index in [0.717, 1.165) is 29.6 Å². The first-order valence-corrected chi connectivity index (χ1v) is 8.33. The minimum atomic E-state index is 0.0411. The lowest BCUT2D eigenvalue weighted by molar-refractivity contribution is -0.112. The van der Waals surface area contributed by atoms with Gasteiger partial charge in [-0.15, -0.1) is 0 Å². The third kappa shape index (κ3) is 3.32. The highest BCUT2D eigenvalue weighted by molar-refractivity contribution is 6.13. The molecule has 2 heteroatoms. The van der Waals surface area contributed by atoms with E-state index in [0.29, 0.717) is 5.70 Å². The molecule has 0 saturated carbocycles. The average molecular weight is 297 g/mol. The Balaban J connectivity index is 2.30. The predicted octanol–water partition coefficient (Wildman–Crippen LogP) is 4.87. The van der Waals surface area contributed by atoms with E-state index in [1.807, 2.05) is 25.1 Å². The highest BCUT2D eigenvalue weighted by Gasteiger charge is 2.35. The van der Waals surface area contributed by atoms with E-state index >= 15 is 0 Å². The molecule has 118 valence electrons. The summed E-state index contributed by atoms with van der Waals surface area (Å²) in [5.74, 6) is 0.0826. The number of carbonyl (C=O) groups excluding carboxylic acids is 1. The molecule has 22 heavy (non-hydrogen) atoms. The van der Waals surface area contributed by atoms with E-state index in [1.54, 1.807) is 0 Å². The molecule has 1 aliphatic carbocycles. The van der Waals surface area contributed by atoms with Crippen molar-refractivity contribution in [2.45, 2.75) is 58.8 Å². The van der Waals surface area contributed by atoms with E-state index < -0.39 is 0 Å². The Kier molecular flexibility index (Phi) is 5.59. The standard InChI is InChI=1S/C20H27NO/c1-4-5-6-8-11-14(2)17-18(15(3)19(21)20(17)22)16-12-9-7-10-13-16/h7,9-10,12-13,18H,4-6,8,11,21H2,1-3H3/b17-14-. The molecule has 1 atom stereocenters. The molecule has 2 rings (SSSR count). The normalized spacial score (nSPS) is 20.7. The van der Waals surface area contributed by atoms with Gasteiger partial charge in [0.1, 0.15) is 0 Å². The van der Waals surface area contributed by atoms with Crippen molar-refractivity contribution in [3.8, 4) is 0 Å². The Morgan fingerprint density at radius 2 is 1.82 bits per heavy atom. The van der Waals surface area contributed by atoms with Crippen LogP contribution in [0.15, 0.2) is 52.7 Å². The second-order valence-corrected chi connectivity index (χ2v) is 6.27. The summed E-state index contributed by atoms with van der Waals surface area (Å²) in [6.07, 6.45) is 5.86. The Hall–Kier alpha value is -1.83. The van der Waals surface area contributed by atoms with Crippen LogP contribution in [0.2, 0.25) is 0 Å². The van der Waals surface area contributed by atoms with Crippen molar-refractivity contribution >= 4 is 5.78 Å². The van der Waals surface area contributed by atoms with Gasteiger partial charge >= 0.3 is 0 Å². The van der Waals surface area contributed by atoms with Gasteiger partial charge in [-0.1, -0.05) is 62.1 Å². The van der Waals surface area contributed by atoms with Gasteiger partial charge in [-0.3, -0.25) is 4.79 Å². The second kappa shape index (κ2) is 7.44. The molecule has 0 heterocycles. The van der Waals surface area contributed by atoms with Gasteiger partial charge in [-0.25, -0.2) is 0 Å². The van der Waals surface area contributed by atoms with Crippen LogP contribution in [-0.4, -0.2) is 5.78 Å². The van der Waals surface area contributed by atoms with Gasteiger partial charge in [0.2, 0.25) is 5.78 Å². The van der Waals surface area contributed by atoms with Gasteiger partial charge in [0.15, 0.2) is 0 Å². The predicted molar refractivity (Wildman–Crippen MR) is 92.5 cm³/mol. The Morgan fingerprint density at radius 1 is 1.14 bits per heavy atom. The molecule has 0 spiro atoms. The first-order valence-electron chi connectivity index (χ1n) is 8.33. The number of rotatable bonds is 6. The number of ketones is 1. The van der Waals surface area contributed by atoms with Gasteiger partial charge in [0.05, 0.1) is 5.70 Å². The molecule has 2 N–H and O–H groups in total. The maximum atomic E-state index is 12.6. The first kappa shape index (κ1) is 16.5. The SMILES string of the molecule is CCCCCC/C(C)=C1\C(=O)C(N)=C(C)C1c1ccccc1. The van der Waals surface area contributed by atoms with Gasteiger partial charge in [0.25, 0.3) is 0 Å². The molecule has 0 aliphatic heterocycles. The summed E-state index contributed by atoms with van der Waals surface area (Å²) in [6, 6.07) is 10.2. The molecule has 2 nitrogen and oxygen atoms in total. The van der Waals surface area contributed by atoms with Crippen molar-refractivity contribution in [2.75, 3.05) is 0 Å². The van der Waals surface area contributed by atoms with Crippen LogP contribution >= 0.6 is 0 Å². The fourth-order valence-corrected chi connectivity index (χ4v) is 3.28. The smallest absolute Gasteiger partial charge is 0.205 e. The fraction of sp³-hybridized carbons (Fsp3) is 0.450. The highest BCUT2D eigenvalue weighted by atomic mass is 16.1. The number of unbranched alkanes of at least 4 members (excludes halogenated alkanes) is 3. The topological polar surface area (TPSA) is 43.1 Å². The van der Waals surface area contributed by atoms with Gasteiger partial charge in [0, 0.05) is 11.5 Å². The lowest BCUT2D eigenvalue weighted by Crippen LogP contribution is -2.10. The molecule has 1 aromatic carbocycles. The Bertz CT molecular complexity index is 595. The lowest BCUT2D eigenvalue weighted by Gasteiger charge is -2.17. The number of allylic oxidation sites excluding steroid dienone is 3. The van der Waals surface area contributed by atoms with E-state index in [9.17, 15) is 4.79 Å². The maximum absolute atomic E-state index is 12.6. The van der Waals surface area contributed by atoms with Crippen LogP contribution in [0, 0.1) is 0 Å². The number of Topliss-reactive ketones (excluding diaryl/α,β-unsaturated/α-hetero) is 1. The summed E-state index contributed by atoms with van der Waals surface area (Å²) < 4.78 is 0. The van der Waals surface area contributed by atoms with Crippen LogP contribution in [0.4, 0.5) is 0 Å². The zero-order valence-corrected chi connectivity index (χ0v) is 14.0. The average Bonchev–Trinajstić information content (AvgIpc) is 2.76.